The van der Waals surface area contributed by atoms with E-state index < -0.39 is 5.82 Å². The van der Waals surface area contributed by atoms with Gasteiger partial charge in [-0.3, -0.25) is 9.48 Å². The number of carbonyl (C=O) groups excluding carboxylic acids is 1. The highest BCUT2D eigenvalue weighted by molar-refractivity contribution is 6.08. The summed E-state index contributed by atoms with van der Waals surface area (Å²) < 4.78 is 15.3. The summed E-state index contributed by atoms with van der Waals surface area (Å²) in [6, 6.07) is 6.23. The molecular weight excluding hydrogens is 231 g/mol. The molecule has 0 bridgehead atoms. The van der Waals surface area contributed by atoms with E-state index in [1.54, 1.807) is 22.9 Å². The van der Waals surface area contributed by atoms with E-state index in [0.29, 0.717) is 12.2 Å². The van der Waals surface area contributed by atoms with Crippen LogP contribution in [0.15, 0.2) is 24.3 Å². The van der Waals surface area contributed by atoms with Gasteiger partial charge >= 0.3 is 0 Å². The molecule has 2 aromatic rings. The van der Waals surface area contributed by atoms with Crippen molar-refractivity contribution >= 4 is 5.78 Å². The molecule has 1 heterocycles. The molecule has 2 rings (SSSR count). The van der Waals surface area contributed by atoms with Crippen molar-refractivity contribution in [2.24, 2.45) is 0 Å². The first-order chi connectivity index (χ1) is 8.52. The molecule has 0 saturated heterocycles. The predicted molar refractivity (Wildman–Crippen MR) is 67.2 cm³/mol. The standard InChI is InChI=1S/C14H15FN2O/c1-4-17-13(8-10(3)16-17)14(18)11-7-9(2)5-6-12(11)15/h5-8H,4H2,1-3H3. The molecule has 0 atom stereocenters. The summed E-state index contributed by atoms with van der Waals surface area (Å²) in [7, 11) is 0. The van der Waals surface area contributed by atoms with E-state index in [0.717, 1.165) is 11.3 Å². The summed E-state index contributed by atoms with van der Waals surface area (Å²) in [6.45, 7) is 6.13. The smallest absolute Gasteiger partial charge is 0.213 e. The Balaban J connectivity index is 2.50. The van der Waals surface area contributed by atoms with Gasteiger partial charge in [-0.25, -0.2) is 4.39 Å². The third-order valence-corrected chi connectivity index (χ3v) is 2.80. The Kier molecular flexibility index (Phi) is 3.28. The van der Waals surface area contributed by atoms with Crippen molar-refractivity contribution in [1.29, 1.82) is 0 Å². The summed E-state index contributed by atoms with van der Waals surface area (Å²) in [5.74, 6) is -0.814. The quantitative estimate of drug-likeness (QED) is 0.780. The van der Waals surface area contributed by atoms with Crippen LogP contribution in [0.3, 0.4) is 0 Å². The zero-order chi connectivity index (χ0) is 13.3. The van der Waals surface area contributed by atoms with Crippen LogP contribution in [-0.2, 0) is 6.54 Å². The van der Waals surface area contributed by atoms with Gasteiger partial charge in [-0.1, -0.05) is 11.6 Å². The molecule has 0 aliphatic rings. The highest BCUT2D eigenvalue weighted by Crippen LogP contribution is 2.16. The van der Waals surface area contributed by atoms with Crippen LogP contribution in [0, 0.1) is 19.7 Å². The second kappa shape index (κ2) is 4.72. The molecule has 4 heteroatoms. The maximum Gasteiger partial charge on any atom is 0.213 e. The number of benzene rings is 1. The summed E-state index contributed by atoms with van der Waals surface area (Å²) in [6.07, 6.45) is 0. The molecule has 1 aromatic heterocycles. The normalized spacial score (nSPS) is 10.7. The fraction of sp³-hybridized carbons (Fsp3) is 0.286. The van der Waals surface area contributed by atoms with Gasteiger partial charge in [-0.15, -0.1) is 0 Å². The molecule has 0 spiro atoms. The Bertz CT molecular complexity index is 602. The SMILES string of the molecule is CCn1nc(C)cc1C(=O)c1cc(C)ccc1F. The van der Waals surface area contributed by atoms with Crippen LogP contribution in [0.4, 0.5) is 4.39 Å². The van der Waals surface area contributed by atoms with Crippen LogP contribution in [0.25, 0.3) is 0 Å². The minimum Gasteiger partial charge on any atom is -0.287 e. The molecule has 0 N–H and O–H groups in total. The number of ketones is 1. The fourth-order valence-electron chi connectivity index (χ4n) is 1.92. The van der Waals surface area contributed by atoms with Gasteiger partial charge in [0.05, 0.1) is 11.3 Å². The average Bonchev–Trinajstić information content (AvgIpc) is 2.72. The van der Waals surface area contributed by atoms with Crippen LogP contribution >= 0.6 is 0 Å². The van der Waals surface area contributed by atoms with E-state index >= 15 is 0 Å². The van der Waals surface area contributed by atoms with Crippen LogP contribution in [0.5, 0.6) is 0 Å². The van der Waals surface area contributed by atoms with Gasteiger partial charge in [0.2, 0.25) is 5.78 Å². The molecule has 0 unspecified atom stereocenters. The Labute approximate surface area is 105 Å². The van der Waals surface area contributed by atoms with Gasteiger partial charge in [-0.2, -0.15) is 5.10 Å². The van der Waals surface area contributed by atoms with Crippen molar-refractivity contribution in [3.63, 3.8) is 0 Å². The van der Waals surface area contributed by atoms with Crippen molar-refractivity contribution in [2.45, 2.75) is 27.3 Å². The molecule has 94 valence electrons. The summed E-state index contributed by atoms with van der Waals surface area (Å²) in [5, 5.41) is 4.20. The van der Waals surface area contributed by atoms with E-state index in [-0.39, 0.29) is 11.3 Å². The second-order valence-corrected chi connectivity index (χ2v) is 4.30. The number of aryl methyl sites for hydroxylation is 3. The number of halogens is 1. The molecule has 0 aliphatic carbocycles. The van der Waals surface area contributed by atoms with E-state index in [4.69, 9.17) is 0 Å². The highest BCUT2D eigenvalue weighted by Gasteiger charge is 2.18. The third kappa shape index (κ3) is 2.18. The van der Waals surface area contributed by atoms with Gasteiger partial charge in [0, 0.05) is 6.54 Å². The van der Waals surface area contributed by atoms with E-state index in [1.807, 2.05) is 20.8 Å². The Morgan fingerprint density at radius 2 is 2.06 bits per heavy atom. The maximum atomic E-state index is 13.7. The monoisotopic (exact) mass is 246 g/mol. The lowest BCUT2D eigenvalue weighted by Crippen LogP contribution is -2.12. The minimum atomic E-state index is -0.493. The van der Waals surface area contributed by atoms with E-state index in [9.17, 15) is 9.18 Å². The zero-order valence-corrected chi connectivity index (χ0v) is 10.7. The summed E-state index contributed by atoms with van der Waals surface area (Å²) >= 11 is 0. The number of hydrogen-bond acceptors (Lipinski definition) is 2. The van der Waals surface area contributed by atoms with Crippen molar-refractivity contribution in [2.75, 3.05) is 0 Å². The van der Waals surface area contributed by atoms with Gasteiger partial charge in [-0.05, 0) is 39.0 Å². The number of aromatic nitrogens is 2. The van der Waals surface area contributed by atoms with Gasteiger partial charge in [0.15, 0.2) is 0 Å². The third-order valence-electron chi connectivity index (χ3n) is 2.80. The van der Waals surface area contributed by atoms with Gasteiger partial charge in [0.25, 0.3) is 0 Å². The molecule has 18 heavy (non-hydrogen) atoms. The summed E-state index contributed by atoms with van der Waals surface area (Å²) in [4.78, 5) is 12.3. The first-order valence-electron chi connectivity index (χ1n) is 5.88. The number of hydrogen-bond donors (Lipinski definition) is 0. The van der Waals surface area contributed by atoms with Crippen LogP contribution in [0.2, 0.25) is 0 Å². The summed E-state index contributed by atoms with van der Waals surface area (Å²) in [5.41, 5.74) is 2.15. The molecule has 0 amide bonds. The largest absolute Gasteiger partial charge is 0.287 e. The Morgan fingerprint density at radius 3 is 2.72 bits per heavy atom. The van der Waals surface area contributed by atoms with Crippen molar-refractivity contribution in [3.8, 4) is 0 Å². The maximum absolute atomic E-state index is 13.7. The second-order valence-electron chi connectivity index (χ2n) is 4.30. The van der Waals surface area contributed by atoms with E-state index in [2.05, 4.69) is 5.10 Å². The molecule has 0 saturated carbocycles. The lowest BCUT2D eigenvalue weighted by molar-refractivity contribution is 0.102. The van der Waals surface area contributed by atoms with Crippen LogP contribution in [0.1, 0.15) is 34.2 Å². The number of carbonyl (C=O) groups is 1. The lowest BCUT2D eigenvalue weighted by Gasteiger charge is -2.05. The van der Waals surface area contributed by atoms with Gasteiger partial charge in [0.1, 0.15) is 11.5 Å². The molecule has 0 fully saturated rings. The fourth-order valence-corrected chi connectivity index (χ4v) is 1.92. The Hall–Kier alpha value is -1.97. The molecule has 0 radical (unpaired) electrons. The molecule has 0 aliphatic heterocycles. The predicted octanol–water partition coefficient (Wildman–Crippen LogP) is 2.89. The minimum absolute atomic E-state index is 0.101. The van der Waals surface area contributed by atoms with Crippen molar-refractivity contribution in [1.82, 2.24) is 9.78 Å². The van der Waals surface area contributed by atoms with Crippen molar-refractivity contribution < 1.29 is 9.18 Å². The first kappa shape index (κ1) is 12.5. The number of nitrogens with zero attached hydrogens (tertiary/aromatic N) is 2. The first-order valence-corrected chi connectivity index (χ1v) is 5.88. The molecule has 1 aromatic carbocycles. The van der Waals surface area contributed by atoms with E-state index in [1.165, 1.54) is 6.07 Å². The van der Waals surface area contributed by atoms with Gasteiger partial charge < -0.3 is 0 Å². The zero-order valence-electron chi connectivity index (χ0n) is 10.7. The average molecular weight is 246 g/mol. The molecule has 3 nitrogen and oxygen atoms in total. The number of rotatable bonds is 3. The highest BCUT2D eigenvalue weighted by atomic mass is 19.1. The van der Waals surface area contributed by atoms with Crippen LogP contribution < -0.4 is 0 Å². The topological polar surface area (TPSA) is 34.9 Å². The van der Waals surface area contributed by atoms with Crippen molar-refractivity contribution in [3.05, 3.63) is 52.6 Å². The lowest BCUT2D eigenvalue weighted by atomic mass is 10.0. The molecular formula is C14H15FN2O. The Morgan fingerprint density at radius 1 is 1.33 bits per heavy atom. The van der Waals surface area contributed by atoms with Crippen LogP contribution in [-0.4, -0.2) is 15.6 Å².